The van der Waals surface area contributed by atoms with E-state index in [9.17, 15) is 14.0 Å². The first-order chi connectivity index (χ1) is 11.5. The Morgan fingerprint density at radius 1 is 1.00 bits per heavy atom. The Bertz CT molecular complexity index is 672. The molecule has 2 N–H and O–H groups in total. The number of benzene rings is 2. The van der Waals surface area contributed by atoms with Crippen molar-refractivity contribution in [2.75, 3.05) is 6.54 Å². The van der Waals surface area contributed by atoms with Crippen LogP contribution in [-0.4, -0.2) is 18.4 Å². The second-order valence-electron chi connectivity index (χ2n) is 5.60. The van der Waals surface area contributed by atoms with Gasteiger partial charge in [0.2, 0.25) is 11.8 Å². The molecule has 0 aliphatic heterocycles. The molecule has 126 valence electrons. The number of carbonyl (C=O) groups is 2. The van der Waals surface area contributed by atoms with Crippen molar-refractivity contribution in [2.24, 2.45) is 0 Å². The van der Waals surface area contributed by atoms with Crippen LogP contribution >= 0.6 is 0 Å². The summed E-state index contributed by atoms with van der Waals surface area (Å²) >= 11 is 0. The molecule has 1 unspecified atom stereocenters. The van der Waals surface area contributed by atoms with Crippen molar-refractivity contribution in [3.63, 3.8) is 0 Å². The molecule has 0 spiro atoms. The topological polar surface area (TPSA) is 58.2 Å². The van der Waals surface area contributed by atoms with Crippen LogP contribution < -0.4 is 10.6 Å². The molecule has 5 heteroatoms. The van der Waals surface area contributed by atoms with Gasteiger partial charge in [-0.2, -0.15) is 0 Å². The number of hydrogen-bond acceptors (Lipinski definition) is 2. The summed E-state index contributed by atoms with van der Waals surface area (Å²) in [5, 5.41) is 5.50. The maximum Gasteiger partial charge on any atom is 0.229 e. The van der Waals surface area contributed by atoms with E-state index in [4.69, 9.17) is 0 Å². The standard InChI is InChI=1S/C19H21FN2O2/c1-14(16-5-3-2-4-6-16)22-19(24)13-18(23)21-12-11-15-7-9-17(20)10-8-15/h2-10,14H,11-13H2,1H3,(H,21,23)(H,22,24). The highest BCUT2D eigenvalue weighted by Gasteiger charge is 2.12. The number of carbonyl (C=O) groups excluding carboxylic acids is 2. The molecule has 24 heavy (non-hydrogen) atoms. The lowest BCUT2D eigenvalue weighted by Crippen LogP contribution is -2.34. The van der Waals surface area contributed by atoms with Crippen molar-refractivity contribution in [3.05, 3.63) is 71.5 Å². The molecule has 2 aromatic carbocycles. The van der Waals surface area contributed by atoms with Gasteiger partial charge in [0.15, 0.2) is 0 Å². The zero-order valence-electron chi connectivity index (χ0n) is 13.6. The molecule has 0 aliphatic carbocycles. The average molecular weight is 328 g/mol. The van der Waals surface area contributed by atoms with E-state index < -0.39 is 0 Å². The van der Waals surface area contributed by atoms with Crippen LogP contribution in [0.5, 0.6) is 0 Å². The first-order valence-corrected chi connectivity index (χ1v) is 7.90. The van der Waals surface area contributed by atoms with Gasteiger partial charge in [-0.15, -0.1) is 0 Å². The average Bonchev–Trinajstić information content (AvgIpc) is 2.57. The van der Waals surface area contributed by atoms with Gasteiger partial charge in [-0.3, -0.25) is 9.59 Å². The molecule has 4 nitrogen and oxygen atoms in total. The maximum absolute atomic E-state index is 12.8. The molecule has 0 radical (unpaired) electrons. The van der Waals surface area contributed by atoms with Crippen LogP contribution in [0, 0.1) is 5.82 Å². The first-order valence-electron chi connectivity index (χ1n) is 7.90. The summed E-state index contributed by atoms with van der Waals surface area (Å²) in [7, 11) is 0. The van der Waals surface area contributed by atoms with Gasteiger partial charge in [-0.1, -0.05) is 42.5 Å². The second-order valence-corrected chi connectivity index (χ2v) is 5.60. The Morgan fingerprint density at radius 2 is 1.67 bits per heavy atom. The van der Waals surface area contributed by atoms with Gasteiger partial charge < -0.3 is 10.6 Å². The molecule has 0 bridgehead atoms. The van der Waals surface area contributed by atoms with E-state index in [-0.39, 0.29) is 30.1 Å². The van der Waals surface area contributed by atoms with Gasteiger partial charge in [-0.05, 0) is 36.6 Å². The van der Waals surface area contributed by atoms with Crippen LogP contribution in [0.2, 0.25) is 0 Å². The van der Waals surface area contributed by atoms with Gasteiger partial charge in [0.05, 0.1) is 6.04 Å². The van der Waals surface area contributed by atoms with E-state index >= 15 is 0 Å². The summed E-state index contributed by atoms with van der Waals surface area (Å²) in [6.45, 7) is 2.28. The lowest BCUT2D eigenvalue weighted by Gasteiger charge is -2.14. The Hall–Kier alpha value is -2.69. The summed E-state index contributed by atoms with van der Waals surface area (Å²) in [5.41, 5.74) is 1.92. The number of halogens is 1. The quantitative estimate of drug-likeness (QED) is 0.768. The molecule has 2 amide bonds. The summed E-state index contributed by atoms with van der Waals surface area (Å²) in [5.74, 6) is -0.924. The summed E-state index contributed by atoms with van der Waals surface area (Å²) in [4.78, 5) is 23.7. The van der Waals surface area contributed by atoms with Crippen LogP contribution in [0.15, 0.2) is 54.6 Å². The Morgan fingerprint density at radius 3 is 2.33 bits per heavy atom. The lowest BCUT2D eigenvalue weighted by atomic mass is 10.1. The maximum atomic E-state index is 12.8. The molecular formula is C19H21FN2O2. The van der Waals surface area contributed by atoms with Gasteiger partial charge in [0.25, 0.3) is 0 Å². The zero-order valence-corrected chi connectivity index (χ0v) is 13.6. The van der Waals surface area contributed by atoms with Gasteiger partial charge in [0.1, 0.15) is 12.2 Å². The van der Waals surface area contributed by atoms with Crippen molar-refractivity contribution in [1.29, 1.82) is 0 Å². The van der Waals surface area contributed by atoms with Gasteiger partial charge >= 0.3 is 0 Å². The van der Waals surface area contributed by atoms with Gasteiger partial charge in [-0.25, -0.2) is 4.39 Å². The van der Waals surface area contributed by atoms with E-state index in [1.807, 2.05) is 37.3 Å². The molecule has 0 saturated heterocycles. The van der Waals surface area contributed by atoms with Crippen LogP contribution in [0.4, 0.5) is 4.39 Å². The lowest BCUT2D eigenvalue weighted by molar-refractivity contribution is -0.129. The summed E-state index contributed by atoms with van der Waals surface area (Å²) < 4.78 is 12.8. The molecular weight excluding hydrogens is 307 g/mol. The van der Waals surface area contributed by atoms with E-state index in [2.05, 4.69) is 10.6 Å². The SMILES string of the molecule is CC(NC(=O)CC(=O)NCCc1ccc(F)cc1)c1ccccc1. The van der Waals surface area contributed by atoms with E-state index in [0.29, 0.717) is 13.0 Å². The van der Waals surface area contributed by atoms with E-state index in [1.165, 1.54) is 12.1 Å². The highest BCUT2D eigenvalue weighted by Crippen LogP contribution is 2.11. The van der Waals surface area contributed by atoms with Crippen LogP contribution in [-0.2, 0) is 16.0 Å². The molecule has 2 aromatic rings. The van der Waals surface area contributed by atoms with Crippen LogP contribution in [0.3, 0.4) is 0 Å². The van der Waals surface area contributed by atoms with E-state index in [0.717, 1.165) is 11.1 Å². The second kappa shape index (κ2) is 8.82. The Kier molecular flexibility index (Phi) is 6.49. The molecule has 0 aliphatic rings. The molecule has 0 aromatic heterocycles. The predicted molar refractivity (Wildman–Crippen MR) is 90.7 cm³/mol. The fourth-order valence-electron chi connectivity index (χ4n) is 2.32. The van der Waals surface area contributed by atoms with Crippen molar-refractivity contribution < 1.29 is 14.0 Å². The van der Waals surface area contributed by atoms with E-state index in [1.54, 1.807) is 12.1 Å². The smallest absolute Gasteiger partial charge is 0.229 e. The monoisotopic (exact) mass is 328 g/mol. The number of rotatable bonds is 7. The third-order valence-electron chi connectivity index (χ3n) is 3.65. The Balaban J connectivity index is 1.69. The number of hydrogen-bond donors (Lipinski definition) is 2. The minimum atomic E-state index is -0.324. The van der Waals surface area contributed by atoms with Crippen molar-refractivity contribution >= 4 is 11.8 Å². The van der Waals surface area contributed by atoms with Crippen LogP contribution in [0.1, 0.15) is 30.5 Å². The predicted octanol–water partition coefficient (Wildman–Crippen LogP) is 2.75. The minimum Gasteiger partial charge on any atom is -0.355 e. The highest BCUT2D eigenvalue weighted by atomic mass is 19.1. The normalized spacial score (nSPS) is 11.6. The summed E-state index contributed by atoms with van der Waals surface area (Å²) in [6.07, 6.45) is 0.384. The third kappa shape index (κ3) is 5.83. The fraction of sp³-hybridized carbons (Fsp3) is 0.263. The Labute approximate surface area is 141 Å². The molecule has 2 rings (SSSR count). The molecule has 0 saturated carbocycles. The molecule has 1 atom stereocenters. The zero-order chi connectivity index (χ0) is 17.4. The van der Waals surface area contributed by atoms with Crippen LogP contribution in [0.25, 0.3) is 0 Å². The van der Waals surface area contributed by atoms with Gasteiger partial charge in [0, 0.05) is 6.54 Å². The summed E-state index contributed by atoms with van der Waals surface area (Å²) in [6, 6.07) is 15.5. The highest BCUT2D eigenvalue weighted by molar-refractivity contribution is 5.96. The van der Waals surface area contributed by atoms with Crippen molar-refractivity contribution in [3.8, 4) is 0 Å². The van der Waals surface area contributed by atoms with Crippen molar-refractivity contribution in [2.45, 2.75) is 25.8 Å². The molecule has 0 fully saturated rings. The third-order valence-corrected chi connectivity index (χ3v) is 3.65. The number of amides is 2. The minimum absolute atomic E-state index is 0.147. The van der Waals surface area contributed by atoms with Crippen molar-refractivity contribution in [1.82, 2.24) is 10.6 Å². The number of nitrogens with one attached hydrogen (secondary N) is 2. The molecule has 0 heterocycles. The first kappa shape index (κ1) is 17.7. The largest absolute Gasteiger partial charge is 0.355 e. The fourth-order valence-corrected chi connectivity index (χ4v) is 2.32.